The number of carbonyl (C=O) groups excluding carboxylic acids is 1. The van der Waals surface area contributed by atoms with E-state index >= 15 is 0 Å². The van der Waals surface area contributed by atoms with Gasteiger partial charge in [-0.25, -0.2) is 4.98 Å². The Morgan fingerprint density at radius 2 is 2.00 bits per heavy atom. The zero-order valence-electron chi connectivity index (χ0n) is 20.7. The van der Waals surface area contributed by atoms with Crippen molar-refractivity contribution in [3.05, 3.63) is 69.2 Å². The van der Waals surface area contributed by atoms with Crippen molar-refractivity contribution < 1.29 is 18.8 Å². The summed E-state index contributed by atoms with van der Waals surface area (Å²) in [6, 6.07) is 8.87. The quantitative estimate of drug-likeness (QED) is 0.419. The number of hydrogen-bond donors (Lipinski definition) is 1. The van der Waals surface area contributed by atoms with Crippen molar-refractivity contribution in [2.45, 2.75) is 51.2 Å². The molecule has 10 heteroatoms. The van der Waals surface area contributed by atoms with Crippen LogP contribution in [-0.2, 0) is 17.8 Å². The largest absolute Gasteiger partial charge is 0.485 e. The van der Waals surface area contributed by atoms with Crippen molar-refractivity contribution >= 4 is 34.9 Å². The lowest BCUT2D eigenvalue weighted by molar-refractivity contribution is -0.0391. The molecule has 0 bridgehead atoms. The van der Waals surface area contributed by atoms with Crippen molar-refractivity contribution in [1.82, 2.24) is 15.0 Å². The summed E-state index contributed by atoms with van der Waals surface area (Å²) in [4.78, 5) is 19.3. The number of nitrogens with two attached hydrogens (primary N) is 1. The van der Waals surface area contributed by atoms with E-state index in [0.29, 0.717) is 45.9 Å². The highest BCUT2D eigenvalue weighted by atomic mass is 35.5. The fourth-order valence-corrected chi connectivity index (χ4v) is 5.67. The highest BCUT2D eigenvalue weighted by molar-refractivity contribution is 6.35. The molecule has 0 aliphatic carbocycles. The number of benzene rings is 1. The van der Waals surface area contributed by atoms with Crippen LogP contribution < -0.4 is 10.5 Å². The third-order valence-electron chi connectivity index (χ3n) is 7.30. The molecular weight excluding hydrogens is 515 g/mol. The Morgan fingerprint density at radius 1 is 1.24 bits per heavy atom. The number of halogens is 2. The molecule has 37 heavy (non-hydrogen) atoms. The highest BCUT2D eigenvalue weighted by Crippen LogP contribution is 2.40. The Kier molecular flexibility index (Phi) is 7.60. The molecule has 1 spiro atoms. The van der Waals surface area contributed by atoms with E-state index in [0.717, 1.165) is 50.2 Å². The lowest BCUT2D eigenvalue weighted by Gasteiger charge is -2.38. The van der Waals surface area contributed by atoms with Crippen LogP contribution in [-0.4, -0.2) is 46.2 Å². The Morgan fingerprint density at radius 3 is 2.70 bits per heavy atom. The maximum Gasteiger partial charge on any atom is 0.255 e. The number of nitrogens with zero attached hydrogens (tertiary/aromatic N) is 3. The van der Waals surface area contributed by atoms with Gasteiger partial charge in [0, 0.05) is 41.0 Å². The number of amides is 1. The van der Waals surface area contributed by atoms with E-state index in [1.165, 1.54) is 6.20 Å². The number of hydrogen-bond acceptors (Lipinski definition) is 7. The van der Waals surface area contributed by atoms with E-state index in [4.69, 9.17) is 42.9 Å². The molecule has 1 atom stereocenters. The fraction of sp³-hybridized carbons (Fsp3) is 0.444. The van der Waals surface area contributed by atoms with Gasteiger partial charge in [-0.2, -0.15) is 0 Å². The van der Waals surface area contributed by atoms with Crippen molar-refractivity contribution in [1.29, 1.82) is 0 Å². The number of nitrogen functional groups attached to an aromatic ring is 1. The molecule has 2 aromatic heterocycles. The van der Waals surface area contributed by atoms with Gasteiger partial charge in [0.2, 0.25) is 0 Å². The maximum absolute atomic E-state index is 13.3. The van der Waals surface area contributed by atoms with E-state index in [1.54, 1.807) is 24.3 Å². The Hall–Kier alpha value is -2.81. The normalized spacial score (nSPS) is 18.9. The van der Waals surface area contributed by atoms with Gasteiger partial charge in [0.05, 0.1) is 23.5 Å². The second kappa shape index (κ2) is 10.9. The molecule has 2 aliphatic heterocycles. The molecular formula is C27H30Cl2N4O4. The molecule has 196 valence electrons. The summed E-state index contributed by atoms with van der Waals surface area (Å²) in [7, 11) is 0. The Bertz CT molecular complexity index is 1250. The predicted molar refractivity (Wildman–Crippen MR) is 141 cm³/mol. The van der Waals surface area contributed by atoms with Crippen LogP contribution in [0, 0.1) is 12.8 Å². The van der Waals surface area contributed by atoms with Crippen LogP contribution in [0.3, 0.4) is 0 Å². The lowest BCUT2D eigenvalue weighted by atomic mass is 9.84. The highest BCUT2D eigenvalue weighted by Gasteiger charge is 2.43. The molecule has 4 heterocycles. The molecule has 3 aromatic rings. The number of aryl methyl sites for hydroxylation is 2. The van der Waals surface area contributed by atoms with Gasteiger partial charge in [-0.1, -0.05) is 34.4 Å². The van der Waals surface area contributed by atoms with Gasteiger partial charge in [-0.15, -0.1) is 0 Å². The van der Waals surface area contributed by atoms with Gasteiger partial charge in [-0.05, 0) is 63.1 Å². The van der Waals surface area contributed by atoms with Crippen LogP contribution >= 0.6 is 23.2 Å². The molecule has 2 saturated heterocycles. The van der Waals surface area contributed by atoms with E-state index in [9.17, 15) is 4.79 Å². The van der Waals surface area contributed by atoms with Crippen LogP contribution in [0.5, 0.6) is 5.75 Å². The summed E-state index contributed by atoms with van der Waals surface area (Å²) >= 11 is 12.5. The summed E-state index contributed by atoms with van der Waals surface area (Å²) < 4.78 is 17.3. The van der Waals surface area contributed by atoms with Gasteiger partial charge < -0.3 is 24.6 Å². The smallest absolute Gasteiger partial charge is 0.255 e. The number of rotatable bonds is 7. The molecule has 1 amide bonds. The first-order valence-electron chi connectivity index (χ1n) is 12.5. The van der Waals surface area contributed by atoms with Crippen molar-refractivity contribution in [2.24, 2.45) is 5.92 Å². The third kappa shape index (κ3) is 5.87. The summed E-state index contributed by atoms with van der Waals surface area (Å²) in [5.74, 6) is 1.75. The van der Waals surface area contributed by atoms with Crippen molar-refractivity contribution in [3.63, 3.8) is 0 Å². The van der Waals surface area contributed by atoms with Crippen LogP contribution in [0.1, 0.15) is 53.1 Å². The first-order chi connectivity index (χ1) is 17.8. The monoisotopic (exact) mass is 544 g/mol. The van der Waals surface area contributed by atoms with Crippen molar-refractivity contribution in [3.8, 4) is 5.75 Å². The Labute approximate surface area is 226 Å². The maximum atomic E-state index is 13.3. The van der Waals surface area contributed by atoms with Gasteiger partial charge in [0.1, 0.15) is 12.4 Å². The number of likely N-dealkylation sites (tertiary alicyclic amines) is 1. The number of carbonyl (C=O) groups is 1. The average Bonchev–Trinajstić information content (AvgIpc) is 3.49. The van der Waals surface area contributed by atoms with E-state index in [2.05, 4.69) is 10.1 Å². The molecule has 0 radical (unpaired) electrons. The topological polar surface area (TPSA) is 104 Å². The number of piperidine rings is 1. The van der Waals surface area contributed by atoms with Crippen LogP contribution in [0.15, 0.2) is 41.1 Å². The summed E-state index contributed by atoms with van der Waals surface area (Å²) in [5, 5.41) is 5.09. The van der Waals surface area contributed by atoms with E-state index in [1.807, 2.05) is 17.9 Å². The molecule has 2 fully saturated rings. The van der Waals surface area contributed by atoms with E-state index < -0.39 is 0 Å². The van der Waals surface area contributed by atoms with Gasteiger partial charge in [-0.3, -0.25) is 4.79 Å². The van der Waals surface area contributed by atoms with Gasteiger partial charge in [0.25, 0.3) is 5.91 Å². The number of pyridine rings is 1. The molecule has 2 aliphatic rings. The first kappa shape index (κ1) is 25.8. The van der Waals surface area contributed by atoms with Gasteiger partial charge in [0.15, 0.2) is 11.6 Å². The van der Waals surface area contributed by atoms with E-state index in [-0.39, 0.29) is 23.9 Å². The lowest BCUT2D eigenvalue weighted by Crippen LogP contribution is -2.46. The average molecular weight is 545 g/mol. The minimum Gasteiger partial charge on any atom is -0.485 e. The fourth-order valence-electron chi connectivity index (χ4n) is 5.17. The number of ether oxygens (including phenoxy) is 2. The SMILES string of the molecule is Cc1cc(CCC2COC3(CCN(C(=O)c4cnc(N)c(OCc5c(Cl)cccc5Cl)c4)CC3)C2)no1. The Balaban J connectivity index is 1.16. The summed E-state index contributed by atoms with van der Waals surface area (Å²) in [5.41, 5.74) is 7.93. The number of anilines is 1. The summed E-state index contributed by atoms with van der Waals surface area (Å²) in [6.07, 6.45) is 6.05. The predicted octanol–water partition coefficient (Wildman–Crippen LogP) is 5.49. The van der Waals surface area contributed by atoms with Crippen LogP contribution in [0.2, 0.25) is 10.0 Å². The minimum absolute atomic E-state index is 0.0982. The van der Waals surface area contributed by atoms with Crippen LogP contribution in [0.4, 0.5) is 5.82 Å². The third-order valence-corrected chi connectivity index (χ3v) is 8.00. The zero-order chi connectivity index (χ0) is 26.0. The molecule has 1 unspecified atom stereocenters. The minimum atomic E-state index is -0.150. The molecule has 0 saturated carbocycles. The standard InChI is InChI=1S/C27H30Cl2N4O4/c1-17-11-20(32-37-17)6-5-18-13-27(36-15-18)7-9-33(10-8-27)26(34)19-12-24(25(30)31-14-19)35-16-21-22(28)3-2-4-23(21)29/h2-4,11-12,14,18H,5-10,13,15-16H2,1H3,(H2,30,31). The molecule has 5 rings (SSSR count). The summed E-state index contributed by atoms with van der Waals surface area (Å²) in [6.45, 7) is 4.03. The second-order valence-electron chi connectivity index (χ2n) is 9.92. The molecule has 2 N–H and O–H groups in total. The first-order valence-corrected chi connectivity index (χ1v) is 13.2. The van der Waals surface area contributed by atoms with Crippen molar-refractivity contribution in [2.75, 3.05) is 25.4 Å². The van der Waals surface area contributed by atoms with Crippen LogP contribution in [0.25, 0.3) is 0 Å². The molecule has 1 aromatic carbocycles. The molecule has 8 nitrogen and oxygen atoms in total. The number of aromatic nitrogens is 2. The zero-order valence-corrected chi connectivity index (χ0v) is 22.2. The van der Waals surface area contributed by atoms with Gasteiger partial charge >= 0.3 is 0 Å². The second-order valence-corrected chi connectivity index (χ2v) is 10.7.